The van der Waals surface area contributed by atoms with Gasteiger partial charge in [0.1, 0.15) is 23.9 Å². The van der Waals surface area contributed by atoms with Gasteiger partial charge in [0.15, 0.2) is 15.4 Å². The first-order valence-corrected chi connectivity index (χ1v) is 7.47. The van der Waals surface area contributed by atoms with Gasteiger partial charge < -0.3 is 5.32 Å². The van der Waals surface area contributed by atoms with Gasteiger partial charge in [-0.2, -0.15) is 15.8 Å². The molecule has 0 aliphatic heterocycles. The molecule has 0 aliphatic carbocycles. The average molecular weight is 300 g/mol. The Labute approximate surface area is 123 Å². The number of hydrogen-bond donors (Lipinski definition) is 1. The van der Waals surface area contributed by atoms with Gasteiger partial charge in [0.05, 0.1) is 10.1 Å². The van der Waals surface area contributed by atoms with Crippen LogP contribution in [0.2, 0.25) is 0 Å². The van der Waals surface area contributed by atoms with Crippen molar-refractivity contribution in [1.82, 2.24) is 0 Å². The molecule has 21 heavy (non-hydrogen) atoms. The molecule has 1 aromatic rings. The smallest absolute Gasteiger partial charge is 0.180 e. The standard InChI is InChI=1S/C14H12N4O2S/c1-10(2)21(19,20)13-5-3-4-12(6-13)18-14(9-17)11(7-15)8-16/h3-6,10,18H,1-2H3. The highest BCUT2D eigenvalue weighted by Crippen LogP contribution is 2.21. The van der Waals surface area contributed by atoms with E-state index in [1.165, 1.54) is 18.2 Å². The van der Waals surface area contributed by atoms with Crippen molar-refractivity contribution in [3.63, 3.8) is 0 Å². The first kappa shape index (κ1) is 16.2. The van der Waals surface area contributed by atoms with Crippen LogP contribution in [0.3, 0.4) is 0 Å². The summed E-state index contributed by atoms with van der Waals surface area (Å²) in [4.78, 5) is 0.107. The van der Waals surface area contributed by atoms with Crippen molar-refractivity contribution in [3.8, 4) is 18.2 Å². The lowest BCUT2D eigenvalue weighted by Crippen LogP contribution is -2.14. The number of rotatable bonds is 4. The van der Waals surface area contributed by atoms with Crippen LogP contribution in [0.25, 0.3) is 0 Å². The molecular formula is C14H12N4O2S. The van der Waals surface area contributed by atoms with Gasteiger partial charge >= 0.3 is 0 Å². The SMILES string of the molecule is CC(C)S(=O)(=O)c1cccc(NC(C#N)=C(C#N)C#N)c1. The molecule has 1 aromatic carbocycles. The van der Waals surface area contributed by atoms with E-state index in [9.17, 15) is 8.42 Å². The summed E-state index contributed by atoms with van der Waals surface area (Å²) < 4.78 is 24.2. The summed E-state index contributed by atoms with van der Waals surface area (Å²) >= 11 is 0. The van der Waals surface area contributed by atoms with Gasteiger partial charge in [-0.15, -0.1) is 0 Å². The van der Waals surface area contributed by atoms with Crippen LogP contribution >= 0.6 is 0 Å². The van der Waals surface area contributed by atoms with Crippen LogP contribution < -0.4 is 5.32 Å². The van der Waals surface area contributed by atoms with Crippen molar-refractivity contribution >= 4 is 15.5 Å². The molecule has 0 aromatic heterocycles. The maximum absolute atomic E-state index is 12.1. The van der Waals surface area contributed by atoms with Crippen molar-refractivity contribution in [1.29, 1.82) is 15.8 Å². The molecule has 0 saturated carbocycles. The van der Waals surface area contributed by atoms with Crippen LogP contribution in [0.4, 0.5) is 5.69 Å². The number of sulfone groups is 1. The monoisotopic (exact) mass is 300 g/mol. The third kappa shape index (κ3) is 3.60. The molecule has 0 spiro atoms. The number of nitrogens with zero attached hydrogens (tertiary/aromatic N) is 3. The van der Waals surface area contributed by atoms with Crippen LogP contribution in [0.1, 0.15) is 13.8 Å². The molecule has 0 saturated heterocycles. The van der Waals surface area contributed by atoms with Gasteiger partial charge in [-0.3, -0.25) is 0 Å². The maximum atomic E-state index is 12.1. The summed E-state index contributed by atoms with van der Waals surface area (Å²) in [5.41, 5.74) is -0.273. The molecule has 0 fully saturated rings. The van der Waals surface area contributed by atoms with Gasteiger partial charge in [-0.05, 0) is 32.0 Å². The second kappa shape index (κ2) is 6.56. The zero-order valence-corrected chi connectivity index (χ0v) is 12.3. The van der Waals surface area contributed by atoms with E-state index in [-0.39, 0.29) is 16.2 Å². The molecule has 0 amide bonds. The molecular weight excluding hydrogens is 288 g/mol. The minimum Gasteiger partial charge on any atom is -0.345 e. The molecule has 0 atom stereocenters. The maximum Gasteiger partial charge on any atom is 0.180 e. The largest absolute Gasteiger partial charge is 0.345 e. The molecule has 1 N–H and O–H groups in total. The highest BCUT2D eigenvalue weighted by atomic mass is 32.2. The fourth-order valence-corrected chi connectivity index (χ4v) is 2.55. The van der Waals surface area contributed by atoms with E-state index in [1.807, 2.05) is 0 Å². The van der Waals surface area contributed by atoms with Crippen molar-refractivity contribution in [2.24, 2.45) is 0 Å². The lowest BCUT2D eigenvalue weighted by Gasteiger charge is -2.10. The summed E-state index contributed by atoms with van der Waals surface area (Å²) in [5.74, 6) is 0. The molecule has 0 radical (unpaired) electrons. The van der Waals surface area contributed by atoms with Crippen molar-refractivity contribution in [2.45, 2.75) is 24.0 Å². The third-order valence-electron chi connectivity index (χ3n) is 2.64. The van der Waals surface area contributed by atoms with E-state index >= 15 is 0 Å². The van der Waals surface area contributed by atoms with E-state index in [4.69, 9.17) is 15.8 Å². The highest BCUT2D eigenvalue weighted by molar-refractivity contribution is 7.92. The second-order valence-electron chi connectivity index (χ2n) is 4.33. The Kier molecular flexibility index (Phi) is 5.07. The predicted octanol–water partition coefficient (Wildman–Crippen LogP) is 2.11. The van der Waals surface area contributed by atoms with Crippen LogP contribution in [0.15, 0.2) is 40.4 Å². The Hall–Kier alpha value is -2.82. The quantitative estimate of drug-likeness (QED) is 0.851. The van der Waals surface area contributed by atoms with Gasteiger partial charge in [0, 0.05) is 5.69 Å². The molecule has 6 nitrogen and oxygen atoms in total. The van der Waals surface area contributed by atoms with E-state index < -0.39 is 15.1 Å². The Morgan fingerprint density at radius 1 is 1.14 bits per heavy atom. The van der Waals surface area contributed by atoms with Crippen molar-refractivity contribution < 1.29 is 8.42 Å². The number of benzene rings is 1. The molecule has 0 aliphatic rings. The van der Waals surface area contributed by atoms with Gasteiger partial charge in [0.25, 0.3) is 0 Å². The summed E-state index contributed by atoms with van der Waals surface area (Å²) in [6.45, 7) is 3.14. The number of nitrogens with one attached hydrogen (secondary N) is 1. The van der Waals surface area contributed by atoms with Crippen LogP contribution in [0, 0.1) is 34.0 Å². The Morgan fingerprint density at radius 2 is 1.76 bits per heavy atom. The highest BCUT2D eigenvalue weighted by Gasteiger charge is 2.19. The zero-order valence-electron chi connectivity index (χ0n) is 11.5. The van der Waals surface area contributed by atoms with Crippen LogP contribution in [-0.4, -0.2) is 13.7 Å². The summed E-state index contributed by atoms with van der Waals surface area (Å²) in [5, 5.41) is 28.5. The first-order chi connectivity index (χ1) is 9.86. The fourth-order valence-electron chi connectivity index (χ4n) is 1.45. The molecule has 0 unspecified atom stereocenters. The van der Waals surface area contributed by atoms with E-state index in [0.717, 1.165) is 0 Å². The molecule has 106 valence electrons. The first-order valence-electron chi connectivity index (χ1n) is 5.92. The normalized spacial score (nSPS) is 10.1. The van der Waals surface area contributed by atoms with E-state index in [0.29, 0.717) is 5.69 Å². The predicted molar refractivity (Wildman–Crippen MR) is 76.3 cm³/mol. The van der Waals surface area contributed by atoms with E-state index in [1.54, 1.807) is 38.1 Å². The minimum atomic E-state index is -3.44. The molecule has 0 heterocycles. The molecule has 7 heteroatoms. The third-order valence-corrected chi connectivity index (χ3v) is 4.79. The number of allylic oxidation sites excluding steroid dienone is 2. The summed E-state index contributed by atoms with van der Waals surface area (Å²) in [6.07, 6.45) is 0. The minimum absolute atomic E-state index is 0.107. The summed E-state index contributed by atoms with van der Waals surface area (Å²) in [6, 6.07) is 10.8. The Morgan fingerprint density at radius 3 is 2.24 bits per heavy atom. The zero-order chi connectivity index (χ0) is 16.0. The number of nitriles is 3. The Balaban J connectivity index is 3.27. The second-order valence-corrected chi connectivity index (χ2v) is 6.84. The van der Waals surface area contributed by atoms with E-state index in [2.05, 4.69) is 5.32 Å². The van der Waals surface area contributed by atoms with Gasteiger partial charge in [0.2, 0.25) is 0 Å². The topological polar surface area (TPSA) is 118 Å². The van der Waals surface area contributed by atoms with Crippen molar-refractivity contribution in [2.75, 3.05) is 5.32 Å². The van der Waals surface area contributed by atoms with Gasteiger partial charge in [-0.25, -0.2) is 8.42 Å². The summed E-state index contributed by atoms with van der Waals surface area (Å²) in [7, 11) is -3.44. The Bertz CT molecular complexity index is 787. The number of hydrogen-bond acceptors (Lipinski definition) is 6. The van der Waals surface area contributed by atoms with Crippen LogP contribution in [-0.2, 0) is 9.84 Å². The molecule has 1 rings (SSSR count). The lowest BCUT2D eigenvalue weighted by atomic mass is 10.2. The molecule has 0 bridgehead atoms. The van der Waals surface area contributed by atoms with Crippen LogP contribution in [0.5, 0.6) is 0 Å². The van der Waals surface area contributed by atoms with Gasteiger partial charge in [-0.1, -0.05) is 6.07 Å². The fraction of sp³-hybridized carbons (Fsp3) is 0.214. The van der Waals surface area contributed by atoms with Crippen molar-refractivity contribution in [3.05, 3.63) is 35.5 Å². The lowest BCUT2D eigenvalue weighted by molar-refractivity contribution is 0.587. The number of anilines is 1. The average Bonchev–Trinajstić information content (AvgIpc) is 2.47.